The lowest BCUT2D eigenvalue weighted by Crippen LogP contribution is -2.29. The molecule has 3 rings (SSSR count). The minimum absolute atomic E-state index is 0.0530. The maximum absolute atomic E-state index is 13.5. The zero-order valence-corrected chi connectivity index (χ0v) is 18.1. The van der Waals surface area contributed by atoms with Crippen LogP contribution in [-0.4, -0.2) is 43.0 Å². The Balaban J connectivity index is 2.31. The number of aromatic nitrogens is 2. The summed E-state index contributed by atoms with van der Waals surface area (Å²) in [5, 5.41) is 0. The van der Waals surface area contributed by atoms with Crippen molar-refractivity contribution in [2.75, 3.05) is 18.2 Å². The maximum Gasteiger partial charge on any atom is 0.276 e. The third kappa shape index (κ3) is 3.91. The van der Waals surface area contributed by atoms with Crippen LogP contribution in [0.1, 0.15) is 35.0 Å². The molecule has 0 saturated heterocycles. The first-order chi connectivity index (χ1) is 14.2. The number of benzene rings is 2. The summed E-state index contributed by atoms with van der Waals surface area (Å²) in [7, 11) is -1.96. The molecule has 30 heavy (non-hydrogen) atoms. The smallest absolute Gasteiger partial charge is 0.276 e. The van der Waals surface area contributed by atoms with Crippen molar-refractivity contribution < 1.29 is 18.0 Å². The molecule has 0 fully saturated rings. The molecule has 0 unspecified atom stereocenters. The summed E-state index contributed by atoms with van der Waals surface area (Å²) in [6.07, 6.45) is 1.10. The highest BCUT2D eigenvalue weighted by Gasteiger charge is 2.30. The van der Waals surface area contributed by atoms with E-state index >= 15 is 0 Å². The van der Waals surface area contributed by atoms with Crippen LogP contribution in [0.2, 0.25) is 0 Å². The van der Waals surface area contributed by atoms with Crippen LogP contribution in [0.5, 0.6) is 0 Å². The second-order valence-corrected chi connectivity index (χ2v) is 8.89. The Hall–Kier alpha value is -3.26. The van der Waals surface area contributed by atoms with Crippen LogP contribution in [0.4, 0.5) is 5.69 Å². The molecule has 0 aliphatic rings. The standard InChI is InChI=1S/C22H23N3O4S/c1-5-25-20(22(27)24(3)16-11-7-6-8-12-16)19(23-21(25)15(2)26)17-13-9-10-14-18(17)30(4,28)29/h6-14H,5H2,1-4H3. The third-order valence-electron chi connectivity index (χ3n) is 4.79. The number of anilines is 1. The molecule has 0 saturated carbocycles. The van der Waals surface area contributed by atoms with Gasteiger partial charge >= 0.3 is 0 Å². The molecule has 0 radical (unpaired) electrons. The number of ketones is 1. The minimum atomic E-state index is -3.59. The van der Waals surface area contributed by atoms with E-state index in [1.165, 1.54) is 17.9 Å². The molecule has 8 heteroatoms. The molecule has 2 aromatic carbocycles. The average molecular weight is 426 g/mol. The van der Waals surface area contributed by atoms with Gasteiger partial charge in [0, 0.05) is 38.0 Å². The van der Waals surface area contributed by atoms with E-state index < -0.39 is 9.84 Å². The number of nitrogens with zero attached hydrogens (tertiary/aromatic N) is 3. The highest BCUT2D eigenvalue weighted by atomic mass is 32.2. The lowest BCUT2D eigenvalue weighted by Gasteiger charge is -2.19. The topological polar surface area (TPSA) is 89.3 Å². The summed E-state index contributed by atoms with van der Waals surface area (Å²) >= 11 is 0. The van der Waals surface area contributed by atoms with E-state index in [2.05, 4.69) is 4.98 Å². The number of amides is 1. The zero-order chi connectivity index (χ0) is 22.1. The van der Waals surface area contributed by atoms with E-state index in [9.17, 15) is 18.0 Å². The lowest BCUT2D eigenvalue weighted by molar-refractivity contribution is 0.0983. The van der Waals surface area contributed by atoms with Crippen LogP contribution in [0.25, 0.3) is 11.3 Å². The summed E-state index contributed by atoms with van der Waals surface area (Å²) in [4.78, 5) is 31.7. The molecule has 1 heterocycles. The van der Waals surface area contributed by atoms with Gasteiger partial charge in [0.15, 0.2) is 21.4 Å². The number of carbonyl (C=O) groups is 2. The first-order valence-electron chi connectivity index (χ1n) is 9.40. The predicted molar refractivity (Wildman–Crippen MR) is 116 cm³/mol. The molecular formula is C22H23N3O4S. The van der Waals surface area contributed by atoms with Gasteiger partial charge in [-0.1, -0.05) is 36.4 Å². The van der Waals surface area contributed by atoms with Crippen LogP contribution in [0.3, 0.4) is 0 Å². The first kappa shape index (κ1) is 21.4. The quantitative estimate of drug-likeness (QED) is 0.564. The lowest BCUT2D eigenvalue weighted by atomic mass is 10.1. The normalized spacial score (nSPS) is 11.3. The number of hydrogen-bond donors (Lipinski definition) is 0. The van der Waals surface area contributed by atoms with Gasteiger partial charge in [0.25, 0.3) is 5.91 Å². The van der Waals surface area contributed by atoms with Gasteiger partial charge in [0.2, 0.25) is 0 Å². The Morgan fingerprint density at radius 2 is 1.63 bits per heavy atom. The third-order valence-corrected chi connectivity index (χ3v) is 5.95. The van der Waals surface area contributed by atoms with Crippen molar-refractivity contribution in [2.45, 2.75) is 25.3 Å². The molecule has 0 N–H and O–H groups in total. The monoisotopic (exact) mass is 425 g/mol. The van der Waals surface area contributed by atoms with E-state index in [4.69, 9.17) is 0 Å². The molecule has 0 bridgehead atoms. The molecule has 7 nitrogen and oxygen atoms in total. The van der Waals surface area contributed by atoms with Gasteiger partial charge in [0.1, 0.15) is 11.4 Å². The Kier molecular flexibility index (Phi) is 5.89. The van der Waals surface area contributed by atoms with Crippen LogP contribution in [0, 0.1) is 0 Å². The van der Waals surface area contributed by atoms with E-state index in [0.717, 1.165) is 6.26 Å². The number of para-hydroxylation sites is 1. The van der Waals surface area contributed by atoms with Gasteiger partial charge in [-0.25, -0.2) is 13.4 Å². The van der Waals surface area contributed by atoms with Crippen LogP contribution in [-0.2, 0) is 16.4 Å². The summed E-state index contributed by atoms with van der Waals surface area (Å²) in [6.45, 7) is 3.50. The van der Waals surface area contributed by atoms with E-state index in [1.807, 2.05) is 18.2 Å². The van der Waals surface area contributed by atoms with Crippen molar-refractivity contribution in [3.8, 4) is 11.3 Å². The van der Waals surface area contributed by atoms with Crippen molar-refractivity contribution >= 4 is 27.2 Å². The largest absolute Gasteiger partial charge is 0.317 e. The van der Waals surface area contributed by atoms with E-state index in [1.54, 1.807) is 48.9 Å². The Morgan fingerprint density at radius 1 is 1.03 bits per heavy atom. The second-order valence-electron chi connectivity index (χ2n) is 6.90. The molecule has 0 aliphatic heterocycles. The van der Waals surface area contributed by atoms with Crippen molar-refractivity contribution in [2.24, 2.45) is 0 Å². The number of rotatable bonds is 6. The average Bonchev–Trinajstić information content (AvgIpc) is 3.12. The van der Waals surface area contributed by atoms with Crippen LogP contribution in [0.15, 0.2) is 59.5 Å². The molecular weight excluding hydrogens is 402 g/mol. The van der Waals surface area contributed by atoms with Crippen LogP contribution >= 0.6 is 0 Å². The SMILES string of the molecule is CCn1c(C(C)=O)nc(-c2ccccc2S(C)(=O)=O)c1C(=O)N(C)c1ccccc1. The van der Waals surface area contributed by atoms with Crippen molar-refractivity contribution in [3.05, 3.63) is 66.1 Å². The second kappa shape index (κ2) is 8.23. The van der Waals surface area contributed by atoms with Gasteiger partial charge in [-0.05, 0) is 25.1 Å². The fourth-order valence-corrected chi connectivity index (χ4v) is 4.24. The number of Topliss-reactive ketones (excluding diaryl/α,β-unsaturated/α-hetero) is 1. The highest BCUT2D eigenvalue weighted by Crippen LogP contribution is 2.32. The molecule has 156 valence electrons. The molecule has 0 aliphatic carbocycles. The fraction of sp³-hybridized carbons (Fsp3) is 0.227. The predicted octanol–water partition coefficient (Wildman–Crippen LogP) is 3.45. The minimum Gasteiger partial charge on any atom is -0.317 e. The van der Waals surface area contributed by atoms with Gasteiger partial charge < -0.3 is 9.47 Å². The number of hydrogen-bond acceptors (Lipinski definition) is 5. The van der Waals surface area contributed by atoms with E-state index in [-0.39, 0.29) is 33.8 Å². The Bertz CT molecular complexity index is 1210. The van der Waals surface area contributed by atoms with Crippen molar-refractivity contribution in [1.29, 1.82) is 0 Å². The zero-order valence-electron chi connectivity index (χ0n) is 17.3. The van der Waals surface area contributed by atoms with Gasteiger partial charge in [-0.3, -0.25) is 9.59 Å². The van der Waals surface area contributed by atoms with Crippen molar-refractivity contribution in [1.82, 2.24) is 9.55 Å². The molecule has 0 atom stereocenters. The Labute approximate surface area is 175 Å². The van der Waals surface area contributed by atoms with Gasteiger partial charge in [0.05, 0.1) is 4.90 Å². The Morgan fingerprint density at radius 3 is 2.20 bits per heavy atom. The highest BCUT2D eigenvalue weighted by molar-refractivity contribution is 7.90. The molecule has 3 aromatic rings. The number of carbonyl (C=O) groups excluding carboxylic acids is 2. The number of imidazole rings is 1. The van der Waals surface area contributed by atoms with E-state index in [0.29, 0.717) is 17.8 Å². The van der Waals surface area contributed by atoms with Gasteiger partial charge in [-0.15, -0.1) is 0 Å². The molecule has 1 amide bonds. The summed E-state index contributed by atoms with van der Waals surface area (Å²) in [6, 6.07) is 15.4. The molecule has 1 aromatic heterocycles. The maximum atomic E-state index is 13.5. The van der Waals surface area contributed by atoms with Crippen LogP contribution < -0.4 is 4.90 Å². The number of sulfone groups is 1. The first-order valence-corrected chi connectivity index (χ1v) is 11.3. The summed E-state index contributed by atoms with van der Waals surface area (Å²) in [5.41, 5.74) is 1.30. The molecule has 0 spiro atoms. The summed E-state index contributed by atoms with van der Waals surface area (Å²) in [5.74, 6) is -0.585. The van der Waals surface area contributed by atoms with Crippen molar-refractivity contribution in [3.63, 3.8) is 0 Å². The summed E-state index contributed by atoms with van der Waals surface area (Å²) < 4.78 is 26.3. The van der Waals surface area contributed by atoms with Gasteiger partial charge in [-0.2, -0.15) is 0 Å². The fourth-order valence-electron chi connectivity index (χ4n) is 3.35.